The van der Waals surface area contributed by atoms with E-state index in [1.165, 1.54) is 24.4 Å². The molecule has 17 heavy (non-hydrogen) atoms. The molecule has 0 aromatic carbocycles. The average Bonchev–Trinajstić information content (AvgIpc) is 2.78. The van der Waals surface area contributed by atoms with Crippen molar-refractivity contribution in [3.8, 4) is 6.07 Å². The fourth-order valence-corrected chi connectivity index (χ4v) is 2.34. The summed E-state index contributed by atoms with van der Waals surface area (Å²) in [5.41, 5.74) is 0. The molecule has 0 bridgehead atoms. The van der Waals surface area contributed by atoms with Gasteiger partial charge in [-0.25, -0.2) is 9.55 Å². The minimum absolute atomic E-state index is 0.675. The summed E-state index contributed by atoms with van der Waals surface area (Å²) in [7, 11) is 0. The van der Waals surface area contributed by atoms with Crippen LogP contribution in [0, 0.1) is 11.3 Å². The van der Waals surface area contributed by atoms with E-state index in [4.69, 9.17) is 5.26 Å². The van der Waals surface area contributed by atoms with Gasteiger partial charge in [-0.05, 0) is 37.7 Å². The maximum absolute atomic E-state index is 8.48. The Hall–Kier alpha value is -0.950. The Labute approximate surface area is 108 Å². The van der Waals surface area contributed by atoms with E-state index in [1.54, 1.807) is 0 Å². The van der Waals surface area contributed by atoms with Crippen LogP contribution in [-0.4, -0.2) is 17.0 Å². The minimum Gasteiger partial charge on any atom is -0.248 e. The van der Waals surface area contributed by atoms with Gasteiger partial charge in [-0.1, -0.05) is 0 Å². The molecule has 0 aliphatic carbocycles. The summed E-state index contributed by atoms with van der Waals surface area (Å²) in [6.07, 6.45) is 12.7. The number of unbranched alkanes of at least 4 members (excludes halogenated alkanes) is 3. The number of hydrogen-bond donors (Lipinski definition) is 1. The van der Waals surface area contributed by atoms with Gasteiger partial charge in [0.2, 0.25) is 0 Å². The summed E-state index contributed by atoms with van der Waals surface area (Å²) in [5, 5.41) is 8.48. The number of thioether (sulfide) groups is 1. The molecular formula is C13H22N3S+. The van der Waals surface area contributed by atoms with Gasteiger partial charge in [0, 0.05) is 12.8 Å². The lowest BCUT2D eigenvalue weighted by molar-refractivity contribution is -0.703. The lowest BCUT2D eigenvalue weighted by Crippen LogP contribution is -2.36. The first-order valence-electron chi connectivity index (χ1n) is 6.30. The van der Waals surface area contributed by atoms with Gasteiger partial charge in [0.1, 0.15) is 12.4 Å². The lowest BCUT2D eigenvalue weighted by Gasteiger charge is -2.00. The number of aryl methyl sites for hydroxylation is 2. The third kappa shape index (κ3) is 5.78. The highest BCUT2D eigenvalue weighted by Crippen LogP contribution is 2.03. The molecule has 1 heterocycles. The molecule has 1 rings (SSSR count). The number of nitrogens with one attached hydrogen (secondary N) is 1. The van der Waals surface area contributed by atoms with E-state index in [-0.39, 0.29) is 0 Å². The number of H-pyrrole nitrogens is 1. The molecule has 0 aliphatic rings. The van der Waals surface area contributed by atoms with Crippen LogP contribution in [0.15, 0.2) is 12.4 Å². The fraction of sp³-hybridized carbons (Fsp3) is 0.692. The lowest BCUT2D eigenvalue weighted by atomic mass is 10.2. The highest BCUT2D eigenvalue weighted by Gasteiger charge is 2.09. The van der Waals surface area contributed by atoms with Gasteiger partial charge in [-0.2, -0.15) is 17.0 Å². The fourth-order valence-electron chi connectivity index (χ4n) is 1.85. The van der Waals surface area contributed by atoms with E-state index < -0.39 is 0 Å². The van der Waals surface area contributed by atoms with Crippen molar-refractivity contribution < 1.29 is 4.57 Å². The zero-order valence-corrected chi connectivity index (χ0v) is 11.4. The number of aromatic nitrogens is 2. The summed E-state index contributed by atoms with van der Waals surface area (Å²) in [6, 6.07) is 2.19. The zero-order valence-electron chi connectivity index (χ0n) is 10.6. The Morgan fingerprint density at radius 2 is 2.24 bits per heavy atom. The summed E-state index contributed by atoms with van der Waals surface area (Å²) >= 11 is 1.91. The van der Waals surface area contributed by atoms with E-state index in [0.717, 1.165) is 25.8 Å². The third-order valence-corrected chi connectivity index (χ3v) is 3.50. The Balaban J connectivity index is 2.25. The van der Waals surface area contributed by atoms with Gasteiger partial charge in [0.15, 0.2) is 0 Å². The monoisotopic (exact) mass is 252 g/mol. The van der Waals surface area contributed by atoms with E-state index in [0.29, 0.717) is 6.42 Å². The van der Waals surface area contributed by atoms with Crippen molar-refractivity contribution in [1.29, 1.82) is 5.26 Å². The van der Waals surface area contributed by atoms with Crippen LogP contribution in [0.4, 0.5) is 0 Å². The summed E-state index contributed by atoms with van der Waals surface area (Å²) in [5.74, 6) is 2.58. The molecule has 0 spiro atoms. The van der Waals surface area contributed by atoms with E-state index in [9.17, 15) is 0 Å². The summed E-state index contributed by atoms with van der Waals surface area (Å²) < 4.78 is 2.29. The molecule has 0 saturated heterocycles. The van der Waals surface area contributed by atoms with E-state index in [1.807, 2.05) is 18.0 Å². The van der Waals surface area contributed by atoms with Crippen LogP contribution in [0.1, 0.15) is 37.9 Å². The number of rotatable bonds is 9. The molecule has 1 N–H and O–H groups in total. The first-order valence-corrected chi connectivity index (χ1v) is 7.69. The van der Waals surface area contributed by atoms with Crippen LogP contribution in [0.5, 0.6) is 0 Å². The van der Waals surface area contributed by atoms with Crippen LogP contribution < -0.4 is 4.57 Å². The van der Waals surface area contributed by atoms with Crippen molar-refractivity contribution in [2.45, 2.75) is 45.1 Å². The highest BCUT2D eigenvalue weighted by atomic mass is 32.2. The van der Waals surface area contributed by atoms with Gasteiger partial charge < -0.3 is 0 Å². The van der Waals surface area contributed by atoms with Crippen molar-refractivity contribution in [2.75, 3.05) is 12.0 Å². The molecule has 0 unspecified atom stereocenters. The van der Waals surface area contributed by atoms with Crippen molar-refractivity contribution in [3.05, 3.63) is 18.2 Å². The normalized spacial score (nSPS) is 10.4. The Morgan fingerprint density at radius 3 is 3.00 bits per heavy atom. The third-order valence-electron chi connectivity index (χ3n) is 2.80. The molecule has 0 saturated carbocycles. The predicted octanol–water partition coefficient (Wildman–Crippen LogP) is 2.68. The van der Waals surface area contributed by atoms with Crippen molar-refractivity contribution >= 4 is 11.8 Å². The predicted molar refractivity (Wildman–Crippen MR) is 71.8 cm³/mol. The number of hydrogen-bond acceptors (Lipinski definition) is 2. The standard InChI is InChI=1S/C13H21N3S/c1-17-12-6-3-7-13-15-9-11-16(13)10-5-2-4-8-14/h9,11H,2-7,10,12H2,1H3/p+1. The molecule has 0 atom stereocenters. The number of aromatic amines is 1. The maximum Gasteiger partial charge on any atom is 0.254 e. The Bertz CT molecular complexity index is 341. The van der Waals surface area contributed by atoms with Crippen LogP contribution in [-0.2, 0) is 13.0 Å². The second-order valence-electron chi connectivity index (χ2n) is 4.17. The zero-order chi connectivity index (χ0) is 12.3. The van der Waals surface area contributed by atoms with Crippen LogP contribution >= 0.6 is 11.8 Å². The van der Waals surface area contributed by atoms with Gasteiger partial charge in [0.05, 0.1) is 12.6 Å². The molecular weight excluding hydrogens is 230 g/mol. The van der Waals surface area contributed by atoms with Gasteiger partial charge in [-0.3, -0.25) is 0 Å². The molecule has 94 valence electrons. The van der Waals surface area contributed by atoms with Crippen LogP contribution in [0.2, 0.25) is 0 Å². The smallest absolute Gasteiger partial charge is 0.248 e. The second-order valence-corrected chi connectivity index (χ2v) is 5.15. The molecule has 0 radical (unpaired) electrons. The molecule has 1 aromatic rings. The first kappa shape index (κ1) is 14.1. The highest BCUT2D eigenvalue weighted by molar-refractivity contribution is 7.98. The molecule has 3 nitrogen and oxygen atoms in total. The number of nitriles is 1. The molecule has 0 aliphatic heterocycles. The summed E-state index contributed by atoms with van der Waals surface area (Å²) in [4.78, 5) is 3.31. The van der Waals surface area contributed by atoms with E-state index in [2.05, 4.69) is 28.1 Å². The quantitative estimate of drug-likeness (QED) is 0.542. The average molecular weight is 252 g/mol. The van der Waals surface area contributed by atoms with Crippen molar-refractivity contribution in [3.63, 3.8) is 0 Å². The van der Waals surface area contributed by atoms with Gasteiger partial charge in [0.25, 0.3) is 5.82 Å². The van der Waals surface area contributed by atoms with Crippen molar-refractivity contribution in [1.82, 2.24) is 4.98 Å². The Morgan fingerprint density at radius 1 is 1.35 bits per heavy atom. The number of imidazole rings is 1. The second kappa shape index (κ2) is 9.12. The minimum atomic E-state index is 0.675. The van der Waals surface area contributed by atoms with Crippen LogP contribution in [0.25, 0.3) is 0 Å². The number of nitrogens with zero attached hydrogens (tertiary/aromatic N) is 2. The topological polar surface area (TPSA) is 43.5 Å². The van der Waals surface area contributed by atoms with E-state index >= 15 is 0 Å². The first-order chi connectivity index (χ1) is 8.38. The summed E-state index contributed by atoms with van der Waals surface area (Å²) in [6.45, 7) is 1.03. The van der Waals surface area contributed by atoms with Crippen molar-refractivity contribution in [2.24, 2.45) is 0 Å². The molecule has 4 heteroatoms. The molecule has 0 fully saturated rings. The van der Waals surface area contributed by atoms with Gasteiger partial charge >= 0.3 is 0 Å². The largest absolute Gasteiger partial charge is 0.254 e. The SMILES string of the molecule is CSCCCCc1[nH]cc[n+]1CCCCC#N. The van der Waals surface area contributed by atoms with Gasteiger partial charge in [-0.15, -0.1) is 0 Å². The maximum atomic E-state index is 8.48. The Kier molecular flexibility index (Phi) is 7.57. The van der Waals surface area contributed by atoms with Crippen LogP contribution in [0.3, 0.4) is 0 Å². The molecule has 0 amide bonds. The molecule has 1 aromatic heterocycles.